The number of aliphatic hydroxyl groups excluding tert-OH is 1. The number of ether oxygens (including phenoxy) is 1. The number of carbonyl (C=O) groups excluding carboxylic acids is 1. The molecule has 0 bridgehead atoms. The van der Waals surface area contributed by atoms with E-state index < -0.39 is 12.1 Å². The van der Waals surface area contributed by atoms with Crippen LogP contribution in [-0.2, 0) is 9.53 Å². The molecule has 0 aliphatic rings. The van der Waals surface area contributed by atoms with E-state index >= 15 is 0 Å². The Morgan fingerprint density at radius 1 is 1.62 bits per heavy atom. The molecule has 1 atom stereocenters. The van der Waals surface area contributed by atoms with Gasteiger partial charge in [-0.1, -0.05) is 0 Å². The molecular formula is C11H18N2O3. The third kappa shape index (κ3) is 3.34. The van der Waals surface area contributed by atoms with E-state index in [0.717, 1.165) is 0 Å². The smallest absolute Gasteiger partial charge is 0.308 e. The molecule has 90 valence electrons. The average Bonchev–Trinajstić information content (AvgIpc) is 2.66. The minimum absolute atomic E-state index is 0.0301. The lowest BCUT2D eigenvalue weighted by molar-refractivity contribution is -0.145. The van der Waals surface area contributed by atoms with Crippen LogP contribution in [0.15, 0.2) is 12.4 Å². The van der Waals surface area contributed by atoms with Gasteiger partial charge in [-0.25, -0.2) is 0 Å². The predicted molar refractivity (Wildman–Crippen MR) is 58.8 cm³/mol. The molecule has 1 aromatic heterocycles. The molecule has 1 heterocycles. The lowest BCUT2D eigenvalue weighted by Gasteiger charge is -2.07. The summed E-state index contributed by atoms with van der Waals surface area (Å²) in [7, 11) is 0. The number of hydrogen-bond acceptors (Lipinski definition) is 4. The van der Waals surface area contributed by atoms with E-state index in [0.29, 0.717) is 12.2 Å². The zero-order valence-corrected chi connectivity index (χ0v) is 9.88. The van der Waals surface area contributed by atoms with Gasteiger partial charge in [0.1, 0.15) is 0 Å². The molecule has 1 unspecified atom stereocenters. The van der Waals surface area contributed by atoms with Crippen LogP contribution in [0.2, 0.25) is 0 Å². The molecule has 0 saturated carbocycles. The molecule has 0 aromatic carbocycles. The first-order valence-corrected chi connectivity index (χ1v) is 5.42. The number of nitrogens with zero attached hydrogens (tertiary/aromatic N) is 2. The van der Waals surface area contributed by atoms with Crippen molar-refractivity contribution in [2.75, 3.05) is 6.61 Å². The van der Waals surface area contributed by atoms with Crippen molar-refractivity contribution in [1.29, 1.82) is 0 Å². The number of hydrogen-bond donors (Lipinski definition) is 1. The van der Waals surface area contributed by atoms with Crippen LogP contribution < -0.4 is 0 Å². The molecule has 1 aromatic rings. The summed E-state index contributed by atoms with van der Waals surface area (Å²) in [4.78, 5) is 11.2. The molecule has 16 heavy (non-hydrogen) atoms. The highest BCUT2D eigenvalue weighted by molar-refractivity contribution is 5.70. The van der Waals surface area contributed by atoms with Gasteiger partial charge < -0.3 is 9.84 Å². The van der Waals surface area contributed by atoms with Crippen LogP contribution in [0.25, 0.3) is 0 Å². The fourth-order valence-corrected chi connectivity index (χ4v) is 1.30. The van der Waals surface area contributed by atoms with Crippen LogP contribution in [0.1, 0.15) is 44.9 Å². The maximum atomic E-state index is 11.2. The van der Waals surface area contributed by atoms with Crippen molar-refractivity contribution in [1.82, 2.24) is 9.78 Å². The molecular weight excluding hydrogens is 208 g/mol. The van der Waals surface area contributed by atoms with Gasteiger partial charge in [-0.15, -0.1) is 0 Å². The van der Waals surface area contributed by atoms with E-state index in [1.165, 1.54) is 0 Å². The van der Waals surface area contributed by atoms with Gasteiger partial charge in [-0.05, 0) is 20.8 Å². The Hall–Kier alpha value is -1.36. The fraction of sp³-hybridized carbons (Fsp3) is 0.636. The first-order valence-electron chi connectivity index (χ1n) is 5.42. The normalized spacial score (nSPS) is 12.8. The molecule has 0 aliphatic carbocycles. The van der Waals surface area contributed by atoms with Gasteiger partial charge in [-0.2, -0.15) is 5.10 Å². The third-order valence-corrected chi connectivity index (χ3v) is 2.20. The second-order valence-corrected chi connectivity index (χ2v) is 3.87. The Morgan fingerprint density at radius 2 is 2.31 bits per heavy atom. The molecule has 0 saturated heterocycles. The molecule has 0 radical (unpaired) electrons. The van der Waals surface area contributed by atoms with E-state index in [1.807, 2.05) is 13.8 Å². The van der Waals surface area contributed by atoms with E-state index in [-0.39, 0.29) is 12.5 Å². The summed E-state index contributed by atoms with van der Waals surface area (Å²) >= 11 is 0. The second-order valence-electron chi connectivity index (χ2n) is 3.87. The van der Waals surface area contributed by atoms with Crippen molar-refractivity contribution in [2.45, 2.75) is 39.3 Å². The van der Waals surface area contributed by atoms with Crippen molar-refractivity contribution in [2.24, 2.45) is 0 Å². The summed E-state index contributed by atoms with van der Waals surface area (Å²) in [5.41, 5.74) is 0.641. The van der Waals surface area contributed by atoms with E-state index in [1.54, 1.807) is 24.0 Å². The highest BCUT2D eigenvalue weighted by atomic mass is 16.5. The van der Waals surface area contributed by atoms with Crippen LogP contribution in [-0.4, -0.2) is 27.5 Å². The van der Waals surface area contributed by atoms with Gasteiger partial charge in [0.15, 0.2) is 0 Å². The van der Waals surface area contributed by atoms with E-state index in [2.05, 4.69) is 5.10 Å². The largest absolute Gasteiger partial charge is 0.466 e. The molecule has 1 rings (SSSR count). The van der Waals surface area contributed by atoms with E-state index in [4.69, 9.17) is 4.74 Å². The number of carbonyl (C=O) groups is 1. The Balaban J connectivity index is 2.58. The van der Waals surface area contributed by atoms with E-state index in [9.17, 15) is 9.90 Å². The molecule has 0 amide bonds. The zero-order chi connectivity index (χ0) is 12.1. The van der Waals surface area contributed by atoms with Crippen LogP contribution >= 0.6 is 0 Å². The average molecular weight is 226 g/mol. The van der Waals surface area contributed by atoms with Crippen molar-refractivity contribution in [3.63, 3.8) is 0 Å². The van der Waals surface area contributed by atoms with Crippen LogP contribution in [0, 0.1) is 0 Å². The Bertz CT molecular complexity index is 347. The minimum atomic E-state index is -0.841. The summed E-state index contributed by atoms with van der Waals surface area (Å²) in [5.74, 6) is -0.396. The lowest BCUT2D eigenvalue weighted by atomic mass is 10.1. The Morgan fingerprint density at radius 3 is 2.81 bits per heavy atom. The maximum absolute atomic E-state index is 11.2. The van der Waals surface area contributed by atoms with Gasteiger partial charge in [0.25, 0.3) is 0 Å². The van der Waals surface area contributed by atoms with Crippen LogP contribution in [0.4, 0.5) is 0 Å². The lowest BCUT2D eigenvalue weighted by Crippen LogP contribution is -2.09. The van der Waals surface area contributed by atoms with Crippen molar-refractivity contribution < 1.29 is 14.6 Å². The highest BCUT2D eigenvalue weighted by Crippen LogP contribution is 2.17. The zero-order valence-electron chi connectivity index (χ0n) is 9.88. The predicted octanol–water partition coefficient (Wildman–Crippen LogP) is 1.45. The third-order valence-electron chi connectivity index (χ3n) is 2.20. The van der Waals surface area contributed by atoms with Crippen LogP contribution in [0.3, 0.4) is 0 Å². The summed E-state index contributed by atoms with van der Waals surface area (Å²) in [6.45, 7) is 6.06. The van der Waals surface area contributed by atoms with Crippen molar-refractivity contribution in [3.05, 3.63) is 18.0 Å². The van der Waals surface area contributed by atoms with Gasteiger partial charge in [0.2, 0.25) is 0 Å². The standard InChI is InChI=1S/C11H18N2O3/c1-4-16-11(15)5-10(14)9-6-12-13(7-9)8(2)3/h6-8,10,14H,4-5H2,1-3H3. The van der Waals surface area contributed by atoms with Gasteiger partial charge in [-0.3, -0.25) is 9.48 Å². The monoisotopic (exact) mass is 226 g/mol. The summed E-state index contributed by atoms with van der Waals surface area (Å²) in [6, 6.07) is 0.239. The SMILES string of the molecule is CCOC(=O)CC(O)c1cnn(C(C)C)c1. The number of aliphatic hydroxyl groups is 1. The maximum Gasteiger partial charge on any atom is 0.308 e. The number of aromatic nitrogens is 2. The molecule has 5 nitrogen and oxygen atoms in total. The van der Waals surface area contributed by atoms with Gasteiger partial charge in [0.05, 0.1) is 25.3 Å². The molecule has 0 spiro atoms. The van der Waals surface area contributed by atoms with Gasteiger partial charge in [0, 0.05) is 17.8 Å². The first-order chi connectivity index (χ1) is 7.54. The number of rotatable bonds is 5. The fourth-order valence-electron chi connectivity index (χ4n) is 1.30. The Kier molecular flexibility index (Phi) is 4.49. The van der Waals surface area contributed by atoms with Crippen molar-refractivity contribution >= 4 is 5.97 Å². The number of esters is 1. The molecule has 5 heteroatoms. The summed E-state index contributed by atoms with van der Waals surface area (Å²) in [6.07, 6.45) is 2.45. The van der Waals surface area contributed by atoms with Gasteiger partial charge >= 0.3 is 5.97 Å². The molecule has 0 fully saturated rings. The minimum Gasteiger partial charge on any atom is -0.466 e. The molecule has 0 aliphatic heterocycles. The quantitative estimate of drug-likeness (QED) is 0.772. The van der Waals surface area contributed by atoms with Crippen LogP contribution in [0.5, 0.6) is 0 Å². The second kappa shape index (κ2) is 5.65. The summed E-state index contributed by atoms with van der Waals surface area (Å²) in [5, 5.41) is 13.9. The summed E-state index contributed by atoms with van der Waals surface area (Å²) < 4.78 is 6.50. The van der Waals surface area contributed by atoms with Crippen molar-refractivity contribution in [3.8, 4) is 0 Å². The first kappa shape index (κ1) is 12.7. The Labute approximate surface area is 95.0 Å². The molecule has 1 N–H and O–H groups in total. The highest BCUT2D eigenvalue weighted by Gasteiger charge is 2.15. The topological polar surface area (TPSA) is 64.3 Å².